The quantitative estimate of drug-likeness (QED) is 0.786. The Bertz CT molecular complexity index is 307. The van der Waals surface area contributed by atoms with Crippen molar-refractivity contribution in [3.63, 3.8) is 0 Å². The van der Waals surface area contributed by atoms with E-state index in [-0.39, 0.29) is 11.2 Å². The second-order valence-electron chi connectivity index (χ2n) is 4.82. The maximum atomic E-state index is 13.0. The van der Waals surface area contributed by atoms with Crippen LogP contribution < -0.4 is 5.32 Å². The van der Waals surface area contributed by atoms with Crippen molar-refractivity contribution in [2.75, 3.05) is 13.6 Å². The van der Waals surface area contributed by atoms with Gasteiger partial charge in [-0.25, -0.2) is 4.39 Å². The van der Waals surface area contributed by atoms with Gasteiger partial charge in [0.05, 0.1) is 0 Å². The van der Waals surface area contributed by atoms with Crippen LogP contribution in [0.5, 0.6) is 0 Å². The molecule has 1 nitrogen and oxygen atoms in total. The van der Waals surface area contributed by atoms with Crippen LogP contribution in [0.4, 0.5) is 4.39 Å². The summed E-state index contributed by atoms with van der Waals surface area (Å²) in [5.41, 5.74) is 1.30. The van der Waals surface area contributed by atoms with E-state index in [1.807, 2.05) is 13.1 Å². The molecular weight excluding hydrogens is 189 g/mol. The summed E-state index contributed by atoms with van der Waals surface area (Å²) < 4.78 is 13.0. The minimum Gasteiger partial charge on any atom is -0.320 e. The first kappa shape index (κ1) is 12.2. The molecule has 1 aromatic rings. The summed E-state index contributed by atoms with van der Waals surface area (Å²) >= 11 is 0. The third-order valence-electron chi connectivity index (χ3n) is 2.62. The maximum absolute atomic E-state index is 13.0. The molecule has 0 aliphatic carbocycles. The van der Waals surface area contributed by atoms with Gasteiger partial charge in [-0.15, -0.1) is 0 Å². The van der Waals surface area contributed by atoms with Crippen LogP contribution in [-0.2, 0) is 6.42 Å². The van der Waals surface area contributed by atoms with E-state index in [1.165, 1.54) is 6.07 Å². The molecule has 2 heteroatoms. The van der Waals surface area contributed by atoms with Gasteiger partial charge in [0.15, 0.2) is 0 Å². The van der Waals surface area contributed by atoms with Crippen molar-refractivity contribution in [3.05, 3.63) is 35.6 Å². The average molecular weight is 209 g/mol. The fourth-order valence-corrected chi connectivity index (χ4v) is 1.75. The second-order valence-corrected chi connectivity index (χ2v) is 4.82. The van der Waals surface area contributed by atoms with Crippen molar-refractivity contribution < 1.29 is 4.39 Å². The molecule has 0 aliphatic heterocycles. The first-order valence-corrected chi connectivity index (χ1v) is 5.42. The third kappa shape index (κ3) is 4.43. The van der Waals surface area contributed by atoms with E-state index in [0.717, 1.165) is 24.9 Å². The number of hydrogen-bond acceptors (Lipinski definition) is 1. The third-order valence-corrected chi connectivity index (χ3v) is 2.62. The second kappa shape index (κ2) is 5.26. The zero-order valence-corrected chi connectivity index (χ0v) is 9.81. The standard InChI is InChI=1S/C13H20FN/c1-13(2,7-8-15-3)10-11-5-4-6-12(14)9-11/h4-6,9,15H,7-8,10H2,1-3H3. The Kier molecular flexibility index (Phi) is 4.28. The molecular formula is C13H20FN. The molecule has 1 aromatic carbocycles. The summed E-state index contributed by atoms with van der Waals surface area (Å²) in [6, 6.07) is 6.88. The average Bonchev–Trinajstić information content (AvgIpc) is 2.14. The molecule has 0 spiro atoms. The maximum Gasteiger partial charge on any atom is 0.123 e. The van der Waals surface area contributed by atoms with Crippen LogP contribution in [0.2, 0.25) is 0 Å². The molecule has 0 heterocycles. The number of nitrogens with one attached hydrogen (secondary N) is 1. The molecule has 1 N–H and O–H groups in total. The summed E-state index contributed by atoms with van der Waals surface area (Å²) in [7, 11) is 1.96. The van der Waals surface area contributed by atoms with Crippen molar-refractivity contribution in [2.24, 2.45) is 5.41 Å². The summed E-state index contributed by atoms with van der Waals surface area (Å²) in [5.74, 6) is -0.142. The van der Waals surface area contributed by atoms with E-state index in [9.17, 15) is 4.39 Å². The van der Waals surface area contributed by atoms with Crippen LogP contribution >= 0.6 is 0 Å². The van der Waals surface area contributed by atoms with E-state index >= 15 is 0 Å². The largest absolute Gasteiger partial charge is 0.320 e. The molecule has 84 valence electrons. The smallest absolute Gasteiger partial charge is 0.123 e. The molecule has 0 unspecified atom stereocenters. The lowest BCUT2D eigenvalue weighted by atomic mass is 9.82. The predicted molar refractivity (Wildman–Crippen MR) is 62.4 cm³/mol. The Labute approximate surface area is 91.7 Å². The summed E-state index contributed by atoms with van der Waals surface area (Å²) in [6.45, 7) is 5.44. The molecule has 0 fully saturated rings. The lowest BCUT2D eigenvalue weighted by Crippen LogP contribution is -2.21. The van der Waals surface area contributed by atoms with Crippen LogP contribution in [0.1, 0.15) is 25.8 Å². The molecule has 0 aliphatic rings. The molecule has 0 aromatic heterocycles. The summed E-state index contributed by atoms with van der Waals surface area (Å²) in [5, 5.41) is 3.15. The lowest BCUT2D eigenvalue weighted by Gasteiger charge is -2.24. The SMILES string of the molecule is CNCCC(C)(C)Cc1cccc(F)c1. The molecule has 0 saturated heterocycles. The number of rotatable bonds is 5. The lowest BCUT2D eigenvalue weighted by molar-refractivity contribution is 0.329. The van der Waals surface area contributed by atoms with Gasteiger partial charge in [0, 0.05) is 0 Å². The minimum atomic E-state index is -0.142. The van der Waals surface area contributed by atoms with Gasteiger partial charge >= 0.3 is 0 Å². The first-order chi connectivity index (χ1) is 7.03. The summed E-state index contributed by atoms with van der Waals surface area (Å²) in [6.07, 6.45) is 2.02. The predicted octanol–water partition coefficient (Wildman–Crippen LogP) is 3.00. The highest BCUT2D eigenvalue weighted by molar-refractivity contribution is 5.17. The van der Waals surface area contributed by atoms with Gasteiger partial charge in [0.1, 0.15) is 5.82 Å². The van der Waals surface area contributed by atoms with Gasteiger partial charge in [-0.05, 0) is 49.5 Å². The number of halogens is 1. The zero-order chi connectivity index (χ0) is 11.3. The van der Waals surface area contributed by atoms with Gasteiger partial charge < -0.3 is 5.32 Å². The van der Waals surface area contributed by atoms with Crippen molar-refractivity contribution in [1.82, 2.24) is 5.32 Å². The molecule has 0 saturated carbocycles. The summed E-state index contributed by atoms with van der Waals surface area (Å²) in [4.78, 5) is 0. The highest BCUT2D eigenvalue weighted by Gasteiger charge is 2.17. The topological polar surface area (TPSA) is 12.0 Å². The molecule has 0 atom stereocenters. The van der Waals surface area contributed by atoms with E-state index in [0.29, 0.717) is 0 Å². The number of hydrogen-bond donors (Lipinski definition) is 1. The molecule has 0 radical (unpaired) electrons. The minimum absolute atomic E-state index is 0.142. The molecule has 0 amide bonds. The van der Waals surface area contributed by atoms with Crippen LogP contribution in [0.3, 0.4) is 0 Å². The fraction of sp³-hybridized carbons (Fsp3) is 0.538. The van der Waals surface area contributed by atoms with Crippen molar-refractivity contribution in [1.29, 1.82) is 0 Å². The van der Waals surface area contributed by atoms with Crippen LogP contribution in [-0.4, -0.2) is 13.6 Å². The Morgan fingerprint density at radius 1 is 1.33 bits per heavy atom. The van der Waals surface area contributed by atoms with Crippen LogP contribution in [0.15, 0.2) is 24.3 Å². The Hall–Kier alpha value is -0.890. The van der Waals surface area contributed by atoms with Gasteiger partial charge in [0.25, 0.3) is 0 Å². The highest BCUT2D eigenvalue weighted by atomic mass is 19.1. The van der Waals surface area contributed by atoms with E-state index < -0.39 is 0 Å². The van der Waals surface area contributed by atoms with Crippen molar-refractivity contribution in [3.8, 4) is 0 Å². The van der Waals surface area contributed by atoms with E-state index in [2.05, 4.69) is 19.2 Å². The monoisotopic (exact) mass is 209 g/mol. The van der Waals surface area contributed by atoms with Crippen LogP contribution in [0.25, 0.3) is 0 Å². The fourth-order valence-electron chi connectivity index (χ4n) is 1.75. The van der Waals surface area contributed by atoms with Crippen molar-refractivity contribution in [2.45, 2.75) is 26.7 Å². The molecule has 0 bridgehead atoms. The number of benzene rings is 1. The Morgan fingerprint density at radius 2 is 2.07 bits per heavy atom. The van der Waals surface area contributed by atoms with Gasteiger partial charge in [0.2, 0.25) is 0 Å². The normalized spacial score (nSPS) is 11.7. The van der Waals surface area contributed by atoms with Crippen molar-refractivity contribution >= 4 is 0 Å². The highest BCUT2D eigenvalue weighted by Crippen LogP contribution is 2.25. The van der Waals surface area contributed by atoms with Gasteiger partial charge in [-0.3, -0.25) is 0 Å². The Morgan fingerprint density at radius 3 is 2.67 bits per heavy atom. The molecule has 15 heavy (non-hydrogen) atoms. The van der Waals surface area contributed by atoms with E-state index in [1.54, 1.807) is 12.1 Å². The van der Waals surface area contributed by atoms with Gasteiger partial charge in [-0.2, -0.15) is 0 Å². The van der Waals surface area contributed by atoms with Gasteiger partial charge in [-0.1, -0.05) is 26.0 Å². The van der Waals surface area contributed by atoms with E-state index in [4.69, 9.17) is 0 Å². The Balaban J connectivity index is 2.60. The van der Waals surface area contributed by atoms with Crippen LogP contribution in [0, 0.1) is 11.2 Å². The first-order valence-electron chi connectivity index (χ1n) is 5.42. The zero-order valence-electron chi connectivity index (χ0n) is 9.81. The molecule has 1 rings (SSSR count).